The Kier molecular flexibility index (Phi) is 17.8. The summed E-state index contributed by atoms with van der Waals surface area (Å²) in [4.78, 5) is 0. The second-order valence-corrected chi connectivity index (χ2v) is 1.65. The fraction of sp³-hybridized carbons (Fsp3) is 0. The molecule has 0 aromatic heterocycles. The maximum absolute atomic E-state index is 2.08. The fourth-order valence-electron chi connectivity index (χ4n) is 0.534. The molecular formula is C6H12BCsO2. The second kappa shape index (κ2) is 10.3. The summed E-state index contributed by atoms with van der Waals surface area (Å²) >= 11 is 0. The molecule has 1 rings (SSSR count). The van der Waals surface area contributed by atoms with Crippen LogP contribution in [0.25, 0.3) is 0 Å². The molecule has 0 saturated heterocycles. The molecule has 4 heteroatoms. The molecule has 0 aliphatic heterocycles. The van der Waals surface area contributed by atoms with Crippen molar-refractivity contribution in [2.75, 3.05) is 0 Å². The molecule has 4 N–H and O–H groups in total. The van der Waals surface area contributed by atoms with E-state index in [4.69, 9.17) is 0 Å². The molecule has 2 nitrogen and oxygen atoms in total. The average molecular weight is 260 g/mol. The molecule has 0 heterocycles. The summed E-state index contributed by atoms with van der Waals surface area (Å²) in [5, 5.41) is 0. The van der Waals surface area contributed by atoms with Crippen LogP contribution in [0.1, 0.15) is 0 Å². The molecule has 52 valence electrons. The molecule has 0 aliphatic carbocycles. The first kappa shape index (κ1) is 17.4. The van der Waals surface area contributed by atoms with Gasteiger partial charge in [0.25, 0.3) is 0 Å². The van der Waals surface area contributed by atoms with Gasteiger partial charge in [0.05, 0.1) is 0 Å². The average Bonchev–Trinajstić information content (AvgIpc) is 1.69. The minimum atomic E-state index is 0. The topological polar surface area (TPSA) is 63.0 Å². The van der Waals surface area contributed by atoms with Gasteiger partial charge >= 0.3 is 68.9 Å². The number of hydrogen-bond donors (Lipinski definition) is 0. The first-order chi connectivity index (χ1) is 3.39. The van der Waals surface area contributed by atoms with Crippen molar-refractivity contribution in [2.45, 2.75) is 0 Å². The Bertz CT molecular complexity index is 146. The van der Waals surface area contributed by atoms with Crippen LogP contribution in [-0.4, -0.2) is 87.7 Å². The van der Waals surface area contributed by atoms with Crippen LogP contribution < -0.4 is 5.46 Å². The quantitative estimate of drug-likeness (QED) is 0.469. The molecule has 10 heavy (non-hydrogen) atoms. The molecule has 0 aliphatic rings. The Hall–Kier alpha value is 1.26. The first-order valence-corrected chi connectivity index (χ1v) is 2.41. The summed E-state index contributed by atoms with van der Waals surface area (Å²) in [7, 11) is 2.08. The number of rotatable bonds is 0. The Morgan fingerprint density at radius 1 is 0.900 bits per heavy atom. The van der Waals surface area contributed by atoms with Gasteiger partial charge in [0.1, 0.15) is 7.85 Å². The van der Waals surface area contributed by atoms with Gasteiger partial charge in [-0.1, -0.05) is 35.8 Å². The van der Waals surface area contributed by atoms with Gasteiger partial charge in [-0.3, -0.25) is 0 Å². The van der Waals surface area contributed by atoms with Crippen LogP contribution in [0.5, 0.6) is 0 Å². The molecule has 0 unspecified atom stereocenters. The van der Waals surface area contributed by atoms with E-state index in [1.54, 1.807) is 0 Å². The van der Waals surface area contributed by atoms with E-state index in [0.717, 1.165) is 0 Å². The Morgan fingerprint density at radius 3 is 1.50 bits per heavy atom. The molecule has 0 bridgehead atoms. The molecule has 0 amide bonds. The van der Waals surface area contributed by atoms with Crippen LogP contribution in [0.4, 0.5) is 0 Å². The summed E-state index contributed by atoms with van der Waals surface area (Å²) in [6.45, 7) is 0. The summed E-state index contributed by atoms with van der Waals surface area (Å²) in [6.07, 6.45) is 0. The van der Waals surface area contributed by atoms with E-state index < -0.39 is 0 Å². The van der Waals surface area contributed by atoms with Crippen molar-refractivity contribution in [3.63, 3.8) is 0 Å². The predicted octanol–water partition coefficient (Wildman–Crippen LogP) is -2.35. The van der Waals surface area contributed by atoms with E-state index >= 15 is 0 Å². The van der Waals surface area contributed by atoms with Gasteiger partial charge in [-0.2, -0.15) is 0 Å². The van der Waals surface area contributed by atoms with Crippen LogP contribution >= 0.6 is 0 Å². The second-order valence-electron chi connectivity index (χ2n) is 1.65. The van der Waals surface area contributed by atoms with E-state index in [2.05, 4.69) is 20.0 Å². The normalized spacial score (nSPS) is 6.00. The number of benzene rings is 1. The van der Waals surface area contributed by atoms with Crippen LogP contribution in [0.15, 0.2) is 30.3 Å². The Labute approximate surface area is 121 Å². The van der Waals surface area contributed by atoms with Gasteiger partial charge in [0.2, 0.25) is 0 Å². The summed E-state index contributed by atoms with van der Waals surface area (Å²) in [5.74, 6) is 0. The van der Waals surface area contributed by atoms with Gasteiger partial charge in [-0.25, -0.2) is 0 Å². The van der Waals surface area contributed by atoms with E-state index in [1.807, 2.05) is 18.2 Å². The van der Waals surface area contributed by atoms with Crippen molar-refractivity contribution in [1.29, 1.82) is 0 Å². The van der Waals surface area contributed by atoms with Gasteiger partial charge in [-0.15, -0.1) is 0 Å². The molecule has 0 radical (unpaired) electrons. The van der Waals surface area contributed by atoms with Crippen LogP contribution in [0, 0.1) is 0 Å². The van der Waals surface area contributed by atoms with Gasteiger partial charge < -0.3 is 11.0 Å². The third-order valence-electron chi connectivity index (χ3n) is 0.940. The third-order valence-corrected chi connectivity index (χ3v) is 0.940. The van der Waals surface area contributed by atoms with Crippen molar-refractivity contribution >= 4 is 82.2 Å². The monoisotopic (exact) mass is 260 g/mol. The van der Waals surface area contributed by atoms with E-state index in [-0.39, 0.29) is 79.8 Å². The summed E-state index contributed by atoms with van der Waals surface area (Å²) in [5.41, 5.74) is 1.32. The third kappa shape index (κ3) is 7.36. The van der Waals surface area contributed by atoms with Gasteiger partial charge in [-0.05, 0) is 0 Å². The summed E-state index contributed by atoms with van der Waals surface area (Å²) < 4.78 is 0. The van der Waals surface area contributed by atoms with Crippen molar-refractivity contribution in [2.24, 2.45) is 0 Å². The van der Waals surface area contributed by atoms with Crippen molar-refractivity contribution in [1.82, 2.24) is 0 Å². The zero-order valence-electron chi connectivity index (χ0n) is 5.39. The standard InChI is InChI=1S/C6H7B.Cs.2H2O.H/c7-6-4-2-1-3-5-6;;;;/h1-5H,7H2;;2*1H2;. The van der Waals surface area contributed by atoms with Gasteiger partial charge in [0, 0.05) is 0 Å². The predicted molar refractivity (Wildman–Crippen MR) is 49.0 cm³/mol. The molecule has 0 atom stereocenters. The zero-order chi connectivity index (χ0) is 5.11. The van der Waals surface area contributed by atoms with E-state index in [0.29, 0.717) is 0 Å². The maximum atomic E-state index is 2.08. The molecule has 0 saturated carbocycles. The van der Waals surface area contributed by atoms with E-state index in [1.165, 1.54) is 5.46 Å². The SMILES string of the molecule is Bc1ccccc1.O.O.[CsH]. The Morgan fingerprint density at radius 2 is 1.30 bits per heavy atom. The number of hydrogen-bond acceptors (Lipinski definition) is 0. The summed E-state index contributed by atoms with van der Waals surface area (Å²) in [6, 6.07) is 10.3. The fourth-order valence-corrected chi connectivity index (χ4v) is 0.534. The molecule has 0 spiro atoms. The van der Waals surface area contributed by atoms with Crippen molar-refractivity contribution in [3.05, 3.63) is 30.3 Å². The van der Waals surface area contributed by atoms with Gasteiger partial charge in [0.15, 0.2) is 0 Å². The molecule has 1 aromatic rings. The molecule has 1 aromatic carbocycles. The van der Waals surface area contributed by atoms with Crippen molar-refractivity contribution < 1.29 is 11.0 Å². The van der Waals surface area contributed by atoms with Crippen LogP contribution in [-0.2, 0) is 0 Å². The molecular weight excluding hydrogens is 248 g/mol. The van der Waals surface area contributed by atoms with Crippen LogP contribution in [0.3, 0.4) is 0 Å². The van der Waals surface area contributed by atoms with E-state index in [9.17, 15) is 0 Å². The minimum absolute atomic E-state index is 0. The first-order valence-electron chi connectivity index (χ1n) is 2.41. The molecule has 0 fully saturated rings. The zero-order valence-corrected chi connectivity index (χ0v) is 5.39. The Balaban J connectivity index is -0.000000163. The van der Waals surface area contributed by atoms with Crippen LogP contribution in [0.2, 0.25) is 0 Å². The van der Waals surface area contributed by atoms with Crippen molar-refractivity contribution in [3.8, 4) is 0 Å².